The Bertz CT molecular complexity index is 981. The molecular weight excluding hydrogens is 451 g/mol. The largest absolute Gasteiger partial charge is 0.480 e. The molecule has 8 heteroatoms. The van der Waals surface area contributed by atoms with Crippen LogP contribution < -0.4 is 10.6 Å². The van der Waals surface area contributed by atoms with E-state index in [9.17, 15) is 19.5 Å². The maximum absolute atomic E-state index is 12.8. The molecule has 0 saturated heterocycles. The maximum atomic E-state index is 12.8. The summed E-state index contributed by atoms with van der Waals surface area (Å²) in [5.74, 6) is -1.69. The molecule has 1 fully saturated rings. The number of carbonyl (C=O) groups is 3. The molecule has 32 heavy (non-hydrogen) atoms. The number of carboxylic acids is 1. The lowest BCUT2D eigenvalue weighted by Crippen LogP contribution is -2.48. The van der Waals surface area contributed by atoms with Crippen molar-refractivity contribution in [2.24, 2.45) is 5.41 Å². The maximum Gasteiger partial charge on any atom is 0.326 e. The van der Waals surface area contributed by atoms with Crippen molar-refractivity contribution in [2.75, 3.05) is 5.32 Å². The number of hydrogen-bond acceptors (Lipinski definition) is 3. The van der Waals surface area contributed by atoms with Crippen molar-refractivity contribution >= 4 is 46.7 Å². The predicted octanol–water partition coefficient (Wildman–Crippen LogP) is 5.33. The smallest absolute Gasteiger partial charge is 0.326 e. The lowest BCUT2D eigenvalue weighted by atomic mass is 9.82. The topological polar surface area (TPSA) is 95.5 Å². The molecule has 2 amide bonds. The lowest BCUT2D eigenvalue weighted by Gasteiger charge is -2.28. The van der Waals surface area contributed by atoms with Crippen molar-refractivity contribution in [3.8, 4) is 0 Å². The summed E-state index contributed by atoms with van der Waals surface area (Å²) in [6.45, 7) is 1.98. The number of carbonyl (C=O) groups excluding carboxylic acids is 2. The van der Waals surface area contributed by atoms with Gasteiger partial charge >= 0.3 is 5.97 Å². The average molecular weight is 477 g/mol. The van der Waals surface area contributed by atoms with Crippen LogP contribution >= 0.6 is 23.2 Å². The fourth-order valence-electron chi connectivity index (χ4n) is 4.17. The van der Waals surface area contributed by atoms with E-state index in [0.29, 0.717) is 12.1 Å². The van der Waals surface area contributed by atoms with Crippen LogP contribution in [0.2, 0.25) is 10.0 Å². The number of benzene rings is 2. The van der Waals surface area contributed by atoms with Crippen LogP contribution in [0.25, 0.3) is 0 Å². The van der Waals surface area contributed by atoms with E-state index in [1.54, 1.807) is 42.5 Å². The van der Waals surface area contributed by atoms with Gasteiger partial charge in [0, 0.05) is 17.5 Å². The number of amides is 2. The summed E-state index contributed by atoms with van der Waals surface area (Å²) in [6.07, 6.45) is 4.43. The Hall–Kier alpha value is -2.57. The first-order valence-corrected chi connectivity index (χ1v) is 11.4. The van der Waals surface area contributed by atoms with Gasteiger partial charge in [0.2, 0.25) is 5.91 Å². The second kappa shape index (κ2) is 10.4. The van der Waals surface area contributed by atoms with Crippen LogP contribution in [0.3, 0.4) is 0 Å². The minimum atomic E-state index is -1.08. The first kappa shape index (κ1) is 24.1. The van der Waals surface area contributed by atoms with Gasteiger partial charge in [0.25, 0.3) is 5.91 Å². The third-order valence-electron chi connectivity index (χ3n) is 6.16. The van der Waals surface area contributed by atoms with Crippen LogP contribution in [-0.2, 0) is 16.0 Å². The molecule has 0 aromatic heterocycles. The first-order chi connectivity index (χ1) is 15.3. The lowest BCUT2D eigenvalue weighted by molar-refractivity contribution is -0.144. The molecule has 2 aromatic carbocycles. The fraction of sp³-hybridized carbons (Fsp3) is 0.375. The van der Waals surface area contributed by atoms with Gasteiger partial charge in [-0.3, -0.25) is 9.59 Å². The van der Waals surface area contributed by atoms with E-state index >= 15 is 0 Å². The van der Waals surface area contributed by atoms with E-state index in [4.69, 9.17) is 23.2 Å². The molecule has 3 rings (SSSR count). The van der Waals surface area contributed by atoms with E-state index in [0.717, 1.165) is 31.2 Å². The van der Waals surface area contributed by atoms with Crippen molar-refractivity contribution in [3.05, 3.63) is 63.6 Å². The molecule has 0 heterocycles. The molecule has 6 nitrogen and oxygen atoms in total. The van der Waals surface area contributed by atoms with Gasteiger partial charge in [0.05, 0.1) is 15.6 Å². The molecule has 0 aliphatic heterocycles. The second-order valence-electron chi connectivity index (χ2n) is 8.16. The Morgan fingerprint density at radius 1 is 1.03 bits per heavy atom. The fourth-order valence-corrected chi connectivity index (χ4v) is 4.74. The zero-order chi connectivity index (χ0) is 23.3. The molecule has 0 unspecified atom stereocenters. The van der Waals surface area contributed by atoms with E-state index in [-0.39, 0.29) is 27.9 Å². The van der Waals surface area contributed by atoms with Gasteiger partial charge < -0.3 is 15.7 Å². The van der Waals surface area contributed by atoms with E-state index in [2.05, 4.69) is 10.6 Å². The van der Waals surface area contributed by atoms with Crippen LogP contribution in [0, 0.1) is 5.41 Å². The van der Waals surface area contributed by atoms with E-state index in [1.807, 2.05) is 6.92 Å². The Morgan fingerprint density at radius 3 is 2.16 bits per heavy atom. The van der Waals surface area contributed by atoms with Crippen molar-refractivity contribution in [3.63, 3.8) is 0 Å². The van der Waals surface area contributed by atoms with Crippen molar-refractivity contribution in [1.82, 2.24) is 5.32 Å². The van der Waals surface area contributed by atoms with Crippen LogP contribution in [0.5, 0.6) is 0 Å². The number of aliphatic carboxylic acids is 1. The first-order valence-electron chi connectivity index (χ1n) is 10.6. The summed E-state index contributed by atoms with van der Waals surface area (Å²) >= 11 is 12.2. The van der Waals surface area contributed by atoms with E-state index < -0.39 is 23.3 Å². The van der Waals surface area contributed by atoms with Crippen molar-refractivity contribution in [2.45, 2.75) is 51.5 Å². The third kappa shape index (κ3) is 5.43. The number of hydrogen-bond donors (Lipinski definition) is 3. The average Bonchev–Trinajstić information content (AvgIpc) is 3.25. The Kier molecular flexibility index (Phi) is 7.80. The van der Waals surface area contributed by atoms with Gasteiger partial charge in [-0.15, -0.1) is 0 Å². The Balaban J connectivity index is 1.66. The zero-order valence-electron chi connectivity index (χ0n) is 17.8. The Morgan fingerprint density at radius 2 is 1.62 bits per heavy atom. The minimum Gasteiger partial charge on any atom is -0.480 e. The minimum absolute atomic E-state index is 0.144. The molecule has 0 radical (unpaired) electrons. The quantitative estimate of drug-likeness (QED) is 0.479. The van der Waals surface area contributed by atoms with Crippen molar-refractivity contribution < 1.29 is 19.5 Å². The molecule has 1 atom stereocenters. The summed E-state index contributed by atoms with van der Waals surface area (Å²) in [7, 11) is 0. The molecule has 3 N–H and O–H groups in total. The van der Waals surface area contributed by atoms with Gasteiger partial charge in [-0.1, -0.05) is 61.2 Å². The second-order valence-corrected chi connectivity index (χ2v) is 8.97. The number of nitrogens with one attached hydrogen (secondary N) is 2. The normalized spacial score (nSPS) is 15.7. The van der Waals surface area contributed by atoms with Gasteiger partial charge in [0.1, 0.15) is 6.04 Å². The van der Waals surface area contributed by atoms with E-state index in [1.165, 1.54) is 0 Å². The summed E-state index contributed by atoms with van der Waals surface area (Å²) in [5, 5.41) is 15.6. The standard InChI is InChI=1S/C24H26Cl2N2O4/c1-2-24(12-3-4-13-24)23(32)28-19(22(30)31)14-15-8-10-16(11-9-15)27-21(29)20-17(25)6-5-7-18(20)26/h5-11,19H,2-4,12-14H2,1H3,(H,27,29)(H,28,32)(H,30,31)/t19-/m0/s1. The molecular formula is C24H26Cl2N2O4. The number of carboxylic acid groups (broad SMARTS) is 1. The van der Waals surface area contributed by atoms with Crippen LogP contribution in [0.1, 0.15) is 54.9 Å². The molecule has 1 aliphatic carbocycles. The summed E-state index contributed by atoms with van der Waals surface area (Å²) in [6, 6.07) is 10.6. The number of halogens is 2. The molecule has 0 spiro atoms. The monoisotopic (exact) mass is 476 g/mol. The molecule has 0 bridgehead atoms. The SMILES string of the molecule is CCC1(C(=O)N[C@@H](Cc2ccc(NC(=O)c3c(Cl)cccc3Cl)cc2)C(=O)O)CCCC1. The molecule has 1 aliphatic rings. The highest BCUT2D eigenvalue weighted by molar-refractivity contribution is 6.40. The third-order valence-corrected chi connectivity index (χ3v) is 6.79. The highest BCUT2D eigenvalue weighted by atomic mass is 35.5. The van der Waals surface area contributed by atoms with Crippen LogP contribution in [0.4, 0.5) is 5.69 Å². The highest BCUT2D eigenvalue weighted by Gasteiger charge is 2.40. The predicted molar refractivity (Wildman–Crippen MR) is 125 cm³/mol. The van der Waals surface area contributed by atoms with Crippen LogP contribution in [-0.4, -0.2) is 28.9 Å². The number of anilines is 1. The zero-order valence-corrected chi connectivity index (χ0v) is 19.3. The van der Waals surface area contributed by atoms with Crippen LogP contribution in [0.15, 0.2) is 42.5 Å². The molecule has 170 valence electrons. The molecule has 2 aromatic rings. The van der Waals surface area contributed by atoms with Gasteiger partial charge in [0.15, 0.2) is 0 Å². The number of rotatable bonds is 8. The van der Waals surface area contributed by atoms with Gasteiger partial charge in [-0.25, -0.2) is 4.79 Å². The van der Waals surface area contributed by atoms with Crippen molar-refractivity contribution in [1.29, 1.82) is 0 Å². The van der Waals surface area contributed by atoms with Gasteiger partial charge in [-0.05, 0) is 49.1 Å². The Labute approximate surface area is 197 Å². The summed E-state index contributed by atoms with van der Waals surface area (Å²) < 4.78 is 0. The highest BCUT2D eigenvalue weighted by Crippen LogP contribution is 2.41. The van der Waals surface area contributed by atoms with Gasteiger partial charge in [-0.2, -0.15) is 0 Å². The summed E-state index contributed by atoms with van der Waals surface area (Å²) in [5.41, 5.74) is 0.970. The summed E-state index contributed by atoms with van der Waals surface area (Å²) in [4.78, 5) is 37.1. The molecule has 1 saturated carbocycles.